The van der Waals surface area contributed by atoms with Crippen LogP contribution in [0, 0.1) is 12.8 Å². The van der Waals surface area contributed by atoms with Gasteiger partial charge < -0.3 is 14.8 Å². The van der Waals surface area contributed by atoms with Gasteiger partial charge in [0.05, 0.1) is 23.2 Å². The number of rotatable bonds is 8. The van der Waals surface area contributed by atoms with E-state index in [4.69, 9.17) is 9.47 Å². The number of ether oxygens (including phenoxy) is 2. The quantitative estimate of drug-likeness (QED) is 0.366. The van der Waals surface area contributed by atoms with Gasteiger partial charge in [-0.05, 0) is 84.6 Å². The number of benzene rings is 1. The van der Waals surface area contributed by atoms with E-state index in [0.29, 0.717) is 42.5 Å². The van der Waals surface area contributed by atoms with Gasteiger partial charge in [0.1, 0.15) is 10.8 Å². The van der Waals surface area contributed by atoms with Gasteiger partial charge in [0.2, 0.25) is 5.91 Å². The SMILES string of the molecule is CCOC(=O)c1c(NC(=O)CCCOc2ccc(C)cc2Br)sc2c1CCC(C)C2. The topological polar surface area (TPSA) is 64.6 Å². The second kappa shape index (κ2) is 10.4. The summed E-state index contributed by atoms with van der Waals surface area (Å²) in [4.78, 5) is 26.3. The number of carbonyl (C=O) groups is 2. The van der Waals surface area contributed by atoms with Crippen LogP contribution in [0.15, 0.2) is 22.7 Å². The highest BCUT2D eigenvalue weighted by atomic mass is 79.9. The molecule has 0 saturated heterocycles. The number of thiophene rings is 1. The van der Waals surface area contributed by atoms with Crippen LogP contribution < -0.4 is 10.1 Å². The molecule has 0 spiro atoms. The van der Waals surface area contributed by atoms with Gasteiger partial charge in [0.25, 0.3) is 0 Å². The molecule has 1 unspecified atom stereocenters. The second-order valence-corrected chi connectivity index (χ2v) is 9.67. The Hall–Kier alpha value is -1.86. The first-order valence-corrected chi connectivity index (χ1v) is 12.0. The van der Waals surface area contributed by atoms with E-state index < -0.39 is 0 Å². The maximum absolute atomic E-state index is 12.5. The van der Waals surface area contributed by atoms with Gasteiger partial charge in [-0.2, -0.15) is 0 Å². The molecule has 0 saturated carbocycles. The Morgan fingerprint density at radius 2 is 2.13 bits per heavy atom. The number of hydrogen-bond donors (Lipinski definition) is 1. The molecule has 162 valence electrons. The van der Waals surface area contributed by atoms with Crippen molar-refractivity contribution in [2.75, 3.05) is 18.5 Å². The average Bonchev–Trinajstić information content (AvgIpc) is 3.03. The minimum atomic E-state index is -0.340. The molecule has 1 aromatic heterocycles. The van der Waals surface area contributed by atoms with Crippen LogP contribution in [0.5, 0.6) is 5.75 Å². The van der Waals surface area contributed by atoms with E-state index in [0.717, 1.165) is 40.6 Å². The lowest BCUT2D eigenvalue weighted by Gasteiger charge is -2.18. The molecule has 7 heteroatoms. The maximum Gasteiger partial charge on any atom is 0.341 e. The number of hydrogen-bond acceptors (Lipinski definition) is 5. The van der Waals surface area contributed by atoms with E-state index in [1.54, 1.807) is 6.92 Å². The van der Waals surface area contributed by atoms with Crippen LogP contribution in [0.25, 0.3) is 0 Å². The number of esters is 1. The lowest BCUT2D eigenvalue weighted by molar-refractivity contribution is -0.116. The zero-order valence-corrected chi connectivity index (χ0v) is 20.1. The molecule has 1 N–H and O–H groups in total. The fourth-order valence-corrected chi connectivity index (χ4v) is 5.61. The normalized spacial score (nSPS) is 15.4. The zero-order valence-electron chi connectivity index (χ0n) is 17.7. The molecule has 1 heterocycles. The predicted molar refractivity (Wildman–Crippen MR) is 124 cm³/mol. The summed E-state index contributed by atoms with van der Waals surface area (Å²) in [5.41, 5.74) is 2.76. The predicted octanol–water partition coefficient (Wildman–Crippen LogP) is 5.92. The summed E-state index contributed by atoms with van der Waals surface area (Å²) in [7, 11) is 0. The van der Waals surface area contributed by atoms with Crippen molar-refractivity contribution in [2.45, 2.75) is 52.9 Å². The molecule has 1 aromatic carbocycles. The van der Waals surface area contributed by atoms with Crippen molar-refractivity contribution in [2.24, 2.45) is 5.92 Å². The van der Waals surface area contributed by atoms with Crippen molar-refractivity contribution >= 4 is 44.1 Å². The Labute approximate surface area is 190 Å². The third-order valence-electron chi connectivity index (χ3n) is 5.14. The van der Waals surface area contributed by atoms with E-state index in [-0.39, 0.29) is 11.9 Å². The summed E-state index contributed by atoms with van der Waals surface area (Å²) in [5, 5.41) is 3.58. The summed E-state index contributed by atoms with van der Waals surface area (Å²) in [6.07, 6.45) is 3.76. The van der Waals surface area contributed by atoms with E-state index in [2.05, 4.69) is 28.2 Å². The van der Waals surface area contributed by atoms with Gasteiger partial charge in [-0.3, -0.25) is 4.79 Å². The minimum absolute atomic E-state index is 0.112. The third kappa shape index (κ3) is 5.64. The Balaban J connectivity index is 1.59. The molecule has 1 amide bonds. The van der Waals surface area contributed by atoms with Gasteiger partial charge in [-0.25, -0.2) is 4.79 Å². The highest BCUT2D eigenvalue weighted by Gasteiger charge is 2.29. The summed E-state index contributed by atoms with van der Waals surface area (Å²) >= 11 is 5.01. The Bertz CT molecular complexity index is 924. The number of nitrogens with one attached hydrogen (secondary N) is 1. The Kier molecular flexibility index (Phi) is 7.94. The Morgan fingerprint density at radius 3 is 2.87 bits per heavy atom. The number of carbonyl (C=O) groups excluding carboxylic acids is 2. The smallest absolute Gasteiger partial charge is 0.341 e. The molecule has 5 nitrogen and oxygen atoms in total. The molecule has 0 bridgehead atoms. The van der Waals surface area contributed by atoms with Crippen LogP contribution in [0.4, 0.5) is 5.00 Å². The summed E-state index contributed by atoms with van der Waals surface area (Å²) in [5.74, 6) is 0.907. The van der Waals surface area contributed by atoms with Crippen molar-refractivity contribution in [1.82, 2.24) is 0 Å². The molecule has 0 fully saturated rings. The number of aryl methyl sites for hydroxylation is 1. The van der Waals surface area contributed by atoms with Crippen LogP contribution in [0.2, 0.25) is 0 Å². The molecule has 2 aromatic rings. The van der Waals surface area contributed by atoms with Gasteiger partial charge >= 0.3 is 5.97 Å². The summed E-state index contributed by atoms with van der Waals surface area (Å²) in [6, 6.07) is 5.91. The lowest BCUT2D eigenvalue weighted by Crippen LogP contribution is -2.17. The third-order valence-corrected chi connectivity index (χ3v) is 6.93. The molecule has 0 radical (unpaired) electrons. The van der Waals surface area contributed by atoms with Crippen LogP contribution in [0.1, 0.15) is 59.5 Å². The van der Waals surface area contributed by atoms with Crippen molar-refractivity contribution in [3.8, 4) is 5.75 Å². The highest BCUT2D eigenvalue weighted by Crippen LogP contribution is 2.40. The fraction of sp³-hybridized carbons (Fsp3) is 0.478. The maximum atomic E-state index is 12.5. The van der Waals surface area contributed by atoms with E-state index in [1.807, 2.05) is 25.1 Å². The number of anilines is 1. The summed E-state index contributed by atoms with van der Waals surface area (Å²) < 4.78 is 11.9. The van der Waals surface area contributed by atoms with E-state index >= 15 is 0 Å². The van der Waals surface area contributed by atoms with Crippen LogP contribution in [-0.4, -0.2) is 25.1 Å². The fourth-order valence-electron chi connectivity index (χ4n) is 3.58. The second-order valence-electron chi connectivity index (χ2n) is 7.71. The number of fused-ring (bicyclic) bond motifs is 1. The minimum Gasteiger partial charge on any atom is -0.492 e. The number of halogens is 1. The van der Waals surface area contributed by atoms with Crippen LogP contribution in [0.3, 0.4) is 0 Å². The first kappa shape index (κ1) is 22.8. The van der Waals surface area contributed by atoms with Gasteiger partial charge in [0, 0.05) is 11.3 Å². The molecular weight excluding hydrogens is 466 g/mol. The average molecular weight is 494 g/mol. The molecule has 30 heavy (non-hydrogen) atoms. The molecule has 0 aliphatic heterocycles. The highest BCUT2D eigenvalue weighted by molar-refractivity contribution is 9.10. The van der Waals surface area contributed by atoms with Crippen LogP contribution in [-0.2, 0) is 22.4 Å². The van der Waals surface area contributed by atoms with Gasteiger partial charge in [-0.1, -0.05) is 13.0 Å². The lowest BCUT2D eigenvalue weighted by atomic mass is 9.88. The van der Waals surface area contributed by atoms with E-state index in [1.165, 1.54) is 16.2 Å². The van der Waals surface area contributed by atoms with Crippen LogP contribution >= 0.6 is 27.3 Å². The molecule has 1 aliphatic carbocycles. The standard InChI is InChI=1S/C23H28BrNO4S/c1-4-28-23(27)21-16-9-7-15(3)13-19(16)30-22(21)25-20(26)6-5-11-29-18-10-8-14(2)12-17(18)24/h8,10,12,15H,4-7,9,11,13H2,1-3H3,(H,25,26). The molecule has 1 aliphatic rings. The first-order valence-electron chi connectivity index (χ1n) is 10.4. The monoisotopic (exact) mass is 493 g/mol. The van der Waals surface area contributed by atoms with Crippen molar-refractivity contribution in [3.63, 3.8) is 0 Å². The molecular formula is C23H28BrNO4S. The van der Waals surface area contributed by atoms with Crippen molar-refractivity contribution in [1.29, 1.82) is 0 Å². The van der Waals surface area contributed by atoms with Gasteiger partial charge in [-0.15, -0.1) is 11.3 Å². The summed E-state index contributed by atoms with van der Waals surface area (Å²) in [6.45, 7) is 6.80. The Morgan fingerprint density at radius 1 is 1.33 bits per heavy atom. The first-order chi connectivity index (χ1) is 14.4. The molecule has 3 rings (SSSR count). The largest absolute Gasteiger partial charge is 0.492 e. The van der Waals surface area contributed by atoms with E-state index in [9.17, 15) is 9.59 Å². The molecule has 1 atom stereocenters. The van der Waals surface area contributed by atoms with Crippen molar-refractivity contribution in [3.05, 3.63) is 44.2 Å². The van der Waals surface area contributed by atoms with Crippen molar-refractivity contribution < 1.29 is 19.1 Å². The zero-order chi connectivity index (χ0) is 21.7. The number of amides is 1. The van der Waals surface area contributed by atoms with Gasteiger partial charge in [0.15, 0.2) is 0 Å².